The summed E-state index contributed by atoms with van der Waals surface area (Å²) in [6.45, 7) is 7.16. The molecule has 0 aliphatic rings. The molecule has 1 heterocycles. The summed E-state index contributed by atoms with van der Waals surface area (Å²) in [4.78, 5) is 4.17. The van der Waals surface area contributed by atoms with Crippen LogP contribution < -0.4 is 10.1 Å². The number of nitrogens with zero attached hydrogens (tertiary/aromatic N) is 1. The SMILES string of the molecule is CC(C)(C)NCc1cnccc1Oc1ccccc1. The molecular weight excluding hydrogens is 236 g/mol. The molecule has 0 spiro atoms. The molecule has 2 rings (SSSR count). The van der Waals surface area contributed by atoms with Gasteiger partial charge in [-0.2, -0.15) is 0 Å². The molecule has 3 nitrogen and oxygen atoms in total. The van der Waals surface area contributed by atoms with Crippen LogP contribution in [-0.2, 0) is 6.54 Å². The number of benzene rings is 1. The van der Waals surface area contributed by atoms with Gasteiger partial charge in [-0.25, -0.2) is 0 Å². The molecule has 0 aliphatic heterocycles. The van der Waals surface area contributed by atoms with Crippen LogP contribution in [0.25, 0.3) is 0 Å². The fourth-order valence-electron chi connectivity index (χ4n) is 1.62. The number of nitrogens with one attached hydrogen (secondary N) is 1. The van der Waals surface area contributed by atoms with Crippen molar-refractivity contribution in [2.45, 2.75) is 32.9 Å². The van der Waals surface area contributed by atoms with E-state index in [1.54, 1.807) is 6.20 Å². The van der Waals surface area contributed by atoms with Crippen LogP contribution in [0.5, 0.6) is 11.5 Å². The molecule has 1 N–H and O–H groups in total. The summed E-state index contributed by atoms with van der Waals surface area (Å²) in [7, 11) is 0. The van der Waals surface area contributed by atoms with Crippen molar-refractivity contribution in [2.75, 3.05) is 0 Å². The first kappa shape index (κ1) is 13.6. The molecule has 0 unspecified atom stereocenters. The van der Waals surface area contributed by atoms with E-state index >= 15 is 0 Å². The molecule has 100 valence electrons. The zero-order valence-electron chi connectivity index (χ0n) is 11.7. The maximum atomic E-state index is 5.89. The van der Waals surface area contributed by atoms with Crippen LogP contribution in [0.2, 0.25) is 0 Å². The van der Waals surface area contributed by atoms with Gasteiger partial charge in [0, 0.05) is 30.0 Å². The molecule has 0 amide bonds. The van der Waals surface area contributed by atoms with Gasteiger partial charge in [0.1, 0.15) is 11.5 Å². The minimum Gasteiger partial charge on any atom is -0.457 e. The van der Waals surface area contributed by atoms with Crippen molar-refractivity contribution < 1.29 is 4.74 Å². The van der Waals surface area contributed by atoms with Crippen LogP contribution in [-0.4, -0.2) is 10.5 Å². The van der Waals surface area contributed by atoms with Crippen molar-refractivity contribution in [3.8, 4) is 11.5 Å². The van der Waals surface area contributed by atoms with Crippen molar-refractivity contribution in [1.82, 2.24) is 10.3 Å². The van der Waals surface area contributed by atoms with Gasteiger partial charge in [0.25, 0.3) is 0 Å². The molecule has 0 bridgehead atoms. The van der Waals surface area contributed by atoms with Gasteiger partial charge in [-0.3, -0.25) is 4.98 Å². The summed E-state index contributed by atoms with van der Waals surface area (Å²) in [6.07, 6.45) is 3.59. The normalized spacial score (nSPS) is 11.3. The number of hydrogen-bond donors (Lipinski definition) is 1. The first-order valence-corrected chi connectivity index (χ1v) is 6.45. The number of aromatic nitrogens is 1. The van der Waals surface area contributed by atoms with Crippen LogP contribution >= 0.6 is 0 Å². The van der Waals surface area contributed by atoms with Gasteiger partial charge in [-0.15, -0.1) is 0 Å². The monoisotopic (exact) mass is 256 g/mol. The zero-order valence-corrected chi connectivity index (χ0v) is 11.7. The first-order valence-electron chi connectivity index (χ1n) is 6.45. The molecule has 0 saturated heterocycles. The number of ether oxygens (including phenoxy) is 1. The second kappa shape index (κ2) is 5.85. The zero-order chi connectivity index (χ0) is 13.7. The Morgan fingerprint density at radius 3 is 2.53 bits per heavy atom. The molecule has 0 saturated carbocycles. The molecule has 19 heavy (non-hydrogen) atoms. The highest BCUT2D eigenvalue weighted by Gasteiger charge is 2.11. The van der Waals surface area contributed by atoms with E-state index in [4.69, 9.17) is 4.74 Å². The fraction of sp³-hybridized carbons (Fsp3) is 0.312. The summed E-state index contributed by atoms with van der Waals surface area (Å²) < 4.78 is 5.89. The first-order chi connectivity index (χ1) is 9.04. The lowest BCUT2D eigenvalue weighted by Crippen LogP contribution is -2.35. The molecule has 0 atom stereocenters. The summed E-state index contributed by atoms with van der Waals surface area (Å²) in [5, 5.41) is 3.44. The summed E-state index contributed by atoms with van der Waals surface area (Å²) in [5.74, 6) is 1.68. The smallest absolute Gasteiger partial charge is 0.134 e. The van der Waals surface area contributed by atoms with E-state index in [2.05, 4.69) is 31.1 Å². The summed E-state index contributed by atoms with van der Waals surface area (Å²) in [5.41, 5.74) is 1.13. The van der Waals surface area contributed by atoms with E-state index in [0.717, 1.165) is 23.6 Å². The second-order valence-corrected chi connectivity index (χ2v) is 5.50. The minimum atomic E-state index is 0.0693. The quantitative estimate of drug-likeness (QED) is 0.904. The highest BCUT2D eigenvalue weighted by atomic mass is 16.5. The Balaban J connectivity index is 2.12. The number of rotatable bonds is 4. The number of pyridine rings is 1. The van der Waals surface area contributed by atoms with Crippen LogP contribution in [0.1, 0.15) is 26.3 Å². The van der Waals surface area contributed by atoms with E-state index in [1.165, 1.54) is 0 Å². The van der Waals surface area contributed by atoms with Gasteiger partial charge in [-0.05, 0) is 39.0 Å². The van der Waals surface area contributed by atoms with Crippen molar-refractivity contribution in [3.05, 3.63) is 54.4 Å². The Kier molecular flexibility index (Phi) is 4.17. The highest BCUT2D eigenvalue weighted by Crippen LogP contribution is 2.24. The molecule has 1 aromatic carbocycles. The van der Waals surface area contributed by atoms with E-state index in [0.29, 0.717) is 0 Å². The topological polar surface area (TPSA) is 34.2 Å². The van der Waals surface area contributed by atoms with Gasteiger partial charge in [0.05, 0.1) is 0 Å². The molecule has 0 fully saturated rings. The Morgan fingerprint density at radius 1 is 1.11 bits per heavy atom. The second-order valence-electron chi connectivity index (χ2n) is 5.50. The third kappa shape index (κ3) is 4.38. The van der Waals surface area contributed by atoms with Gasteiger partial charge in [0.15, 0.2) is 0 Å². The lowest BCUT2D eigenvalue weighted by molar-refractivity contribution is 0.413. The van der Waals surface area contributed by atoms with Crippen LogP contribution in [0.15, 0.2) is 48.8 Å². The predicted molar refractivity (Wildman–Crippen MR) is 77.3 cm³/mol. The standard InChI is InChI=1S/C16H20N2O/c1-16(2,3)18-12-13-11-17-10-9-15(13)19-14-7-5-4-6-8-14/h4-11,18H,12H2,1-3H3. The largest absolute Gasteiger partial charge is 0.457 e. The average molecular weight is 256 g/mol. The Labute approximate surface area is 114 Å². The maximum absolute atomic E-state index is 5.89. The van der Waals surface area contributed by atoms with Gasteiger partial charge in [-0.1, -0.05) is 18.2 Å². The predicted octanol–water partition coefficient (Wildman–Crippen LogP) is 3.76. The van der Waals surface area contributed by atoms with E-state index in [9.17, 15) is 0 Å². The van der Waals surface area contributed by atoms with Crippen LogP contribution in [0, 0.1) is 0 Å². The van der Waals surface area contributed by atoms with E-state index in [1.807, 2.05) is 42.6 Å². The molecule has 0 aliphatic carbocycles. The third-order valence-electron chi connectivity index (χ3n) is 2.64. The number of hydrogen-bond acceptors (Lipinski definition) is 3. The van der Waals surface area contributed by atoms with Gasteiger partial charge >= 0.3 is 0 Å². The molecule has 3 heteroatoms. The van der Waals surface area contributed by atoms with Crippen molar-refractivity contribution in [3.63, 3.8) is 0 Å². The van der Waals surface area contributed by atoms with Gasteiger partial charge < -0.3 is 10.1 Å². The van der Waals surface area contributed by atoms with E-state index in [-0.39, 0.29) is 5.54 Å². The van der Waals surface area contributed by atoms with Crippen molar-refractivity contribution in [1.29, 1.82) is 0 Å². The minimum absolute atomic E-state index is 0.0693. The molecular formula is C16H20N2O. The summed E-state index contributed by atoms with van der Waals surface area (Å²) in [6, 6.07) is 11.7. The summed E-state index contributed by atoms with van der Waals surface area (Å²) >= 11 is 0. The Bertz CT molecular complexity index is 518. The fourth-order valence-corrected chi connectivity index (χ4v) is 1.62. The lowest BCUT2D eigenvalue weighted by Gasteiger charge is -2.21. The molecule has 1 aromatic heterocycles. The highest BCUT2D eigenvalue weighted by molar-refractivity contribution is 5.35. The Morgan fingerprint density at radius 2 is 1.84 bits per heavy atom. The maximum Gasteiger partial charge on any atom is 0.134 e. The van der Waals surface area contributed by atoms with E-state index < -0.39 is 0 Å². The van der Waals surface area contributed by atoms with Crippen LogP contribution in [0.4, 0.5) is 0 Å². The van der Waals surface area contributed by atoms with Crippen LogP contribution in [0.3, 0.4) is 0 Å². The van der Waals surface area contributed by atoms with Crippen molar-refractivity contribution in [2.24, 2.45) is 0 Å². The Hall–Kier alpha value is -1.87. The average Bonchev–Trinajstić information content (AvgIpc) is 2.38. The van der Waals surface area contributed by atoms with Crippen molar-refractivity contribution >= 4 is 0 Å². The third-order valence-corrected chi connectivity index (χ3v) is 2.64. The molecule has 2 aromatic rings. The van der Waals surface area contributed by atoms with Gasteiger partial charge in [0.2, 0.25) is 0 Å². The number of para-hydroxylation sites is 1. The molecule has 0 radical (unpaired) electrons. The lowest BCUT2D eigenvalue weighted by atomic mass is 10.1.